The molecule has 0 unspecified atom stereocenters. The summed E-state index contributed by atoms with van der Waals surface area (Å²) in [5, 5.41) is 6.17. The zero-order valence-corrected chi connectivity index (χ0v) is 10.8. The Morgan fingerprint density at radius 2 is 1.67 bits per heavy atom. The van der Waals surface area contributed by atoms with E-state index in [0.29, 0.717) is 0 Å². The number of rotatable bonds is 4. The number of hydrogen-bond donors (Lipinski definition) is 2. The Balaban J connectivity index is 2.13. The van der Waals surface area contributed by atoms with Crippen LogP contribution in [0.2, 0.25) is 0 Å². The summed E-state index contributed by atoms with van der Waals surface area (Å²) in [6, 6.07) is 8.14. The molecule has 2 N–H and O–H groups in total. The van der Waals surface area contributed by atoms with Crippen LogP contribution in [-0.2, 0) is 0 Å². The van der Waals surface area contributed by atoms with Gasteiger partial charge >= 0.3 is 0 Å². The van der Waals surface area contributed by atoms with E-state index in [1.165, 1.54) is 0 Å². The van der Waals surface area contributed by atoms with Gasteiger partial charge in [0.15, 0.2) is 5.82 Å². The third-order valence-electron chi connectivity index (χ3n) is 2.55. The summed E-state index contributed by atoms with van der Waals surface area (Å²) in [5.74, 6) is 1.46. The van der Waals surface area contributed by atoms with Gasteiger partial charge in [0.25, 0.3) is 0 Å². The van der Waals surface area contributed by atoms with Crippen LogP contribution in [0, 0.1) is 0 Å². The summed E-state index contributed by atoms with van der Waals surface area (Å²) in [7, 11) is 5.86. The van der Waals surface area contributed by atoms with Crippen LogP contribution in [0.1, 0.15) is 0 Å². The van der Waals surface area contributed by atoms with Crippen molar-refractivity contribution in [1.82, 2.24) is 9.97 Å². The molecular weight excluding hydrogens is 226 g/mol. The standard InChI is InChI=1S/C13H17N5/c1-14-12-8-15-9-13(17-12)16-10-4-6-11(7-5-10)18(2)3/h4-9H,1-3H3,(H2,14,16,17). The summed E-state index contributed by atoms with van der Waals surface area (Å²) in [4.78, 5) is 10.5. The van der Waals surface area contributed by atoms with Crippen molar-refractivity contribution in [2.75, 3.05) is 36.7 Å². The average molecular weight is 243 g/mol. The van der Waals surface area contributed by atoms with Gasteiger partial charge in [0.1, 0.15) is 5.82 Å². The molecule has 0 radical (unpaired) electrons. The number of anilines is 4. The van der Waals surface area contributed by atoms with Gasteiger partial charge < -0.3 is 15.5 Å². The molecule has 0 saturated heterocycles. The molecule has 1 heterocycles. The third kappa shape index (κ3) is 2.88. The summed E-state index contributed by atoms with van der Waals surface area (Å²) >= 11 is 0. The predicted molar refractivity (Wildman–Crippen MR) is 75.6 cm³/mol. The molecule has 1 aromatic heterocycles. The lowest BCUT2D eigenvalue weighted by Gasteiger charge is -2.13. The van der Waals surface area contributed by atoms with Crippen molar-refractivity contribution in [3.8, 4) is 0 Å². The summed E-state index contributed by atoms with van der Waals surface area (Å²) < 4.78 is 0. The Kier molecular flexibility index (Phi) is 3.62. The maximum absolute atomic E-state index is 4.35. The molecule has 0 fully saturated rings. The SMILES string of the molecule is CNc1cncc(Nc2ccc(N(C)C)cc2)n1. The first kappa shape index (κ1) is 12.2. The van der Waals surface area contributed by atoms with Crippen LogP contribution in [0.5, 0.6) is 0 Å². The van der Waals surface area contributed by atoms with Crippen molar-refractivity contribution in [1.29, 1.82) is 0 Å². The smallest absolute Gasteiger partial charge is 0.151 e. The first-order valence-electron chi connectivity index (χ1n) is 5.73. The van der Waals surface area contributed by atoms with Gasteiger partial charge in [-0.05, 0) is 24.3 Å². The van der Waals surface area contributed by atoms with Crippen molar-refractivity contribution in [3.63, 3.8) is 0 Å². The highest BCUT2D eigenvalue weighted by molar-refractivity contribution is 5.60. The predicted octanol–water partition coefficient (Wildman–Crippen LogP) is 2.33. The van der Waals surface area contributed by atoms with Crippen LogP contribution in [0.4, 0.5) is 23.0 Å². The molecule has 0 amide bonds. The van der Waals surface area contributed by atoms with Crippen LogP contribution in [0.15, 0.2) is 36.7 Å². The number of nitrogens with one attached hydrogen (secondary N) is 2. The van der Waals surface area contributed by atoms with Crippen LogP contribution in [0.25, 0.3) is 0 Å². The van der Waals surface area contributed by atoms with Crippen molar-refractivity contribution in [2.45, 2.75) is 0 Å². The molecule has 2 aromatic rings. The van der Waals surface area contributed by atoms with Crippen molar-refractivity contribution in [3.05, 3.63) is 36.7 Å². The summed E-state index contributed by atoms with van der Waals surface area (Å²) in [6.07, 6.45) is 3.38. The molecule has 2 rings (SSSR count). The minimum atomic E-state index is 0.722. The zero-order chi connectivity index (χ0) is 13.0. The molecule has 0 aliphatic rings. The van der Waals surface area contributed by atoms with Crippen LogP contribution < -0.4 is 15.5 Å². The van der Waals surface area contributed by atoms with E-state index >= 15 is 0 Å². The van der Waals surface area contributed by atoms with Gasteiger partial charge in [-0.15, -0.1) is 0 Å². The van der Waals surface area contributed by atoms with Gasteiger partial charge in [0.2, 0.25) is 0 Å². The second kappa shape index (κ2) is 5.35. The van der Waals surface area contributed by atoms with Gasteiger partial charge in [0.05, 0.1) is 12.4 Å². The largest absolute Gasteiger partial charge is 0.378 e. The van der Waals surface area contributed by atoms with E-state index in [1.54, 1.807) is 12.4 Å². The minimum absolute atomic E-state index is 0.722. The Hall–Kier alpha value is -2.30. The van der Waals surface area contributed by atoms with Gasteiger partial charge in [-0.3, -0.25) is 4.98 Å². The quantitative estimate of drug-likeness (QED) is 0.863. The van der Waals surface area contributed by atoms with Crippen molar-refractivity contribution >= 4 is 23.0 Å². The molecule has 1 aromatic carbocycles. The molecule has 0 saturated carbocycles. The van der Waals surface area contributed by atoms with E-state index in [4.69, 9.17) is 0 Å². The van der Waals surface area contributed by atoms with E-state index in [9.17, 15) is 0 Å². The summed E-state index contributed by atoms with van der Waals surface area (Å²) in [5.41, 5.74) is 2.15. The van der Waals surface area contributed by atoms with Gasteiger partial charge in [-0.25, -0.2) is 4.98 Å². The number of hydrogen-bond acceptors (Lipinski definition) is 5. The number of nitrogens with zero attached hydrogens (tertiary/aromatic N) is 3. The highest BCUT2D eigenvalue weighted by atomic mass is 15.1. The minimum Gasteiger partial charge on any atom is -0.378 e. The normalized spacial score (nSPS) is 9.94. The highest BCUT2D eigenvalue weighted by Gasteiger charge is 1.99. The lowest BCUT2D eigenvalue weighted by Crippen LogP contribution is -2.08. The molecule has 18 heavy (non-hydrogen) atoms. The highest BCUT2D eigenvalue weighted by Crippen LogP contribution is 2.19. The Morgan fingerprint density at radius 3 is 2.28 bits per heavy atom. The lowest BCUT2D eigenvalue weighted by atomic mass is 10.2. The lowest BCUT2D eigenvalue weighted by molar-refractivity contribution is 1.13. The van der Waals surface area contributed by atoms with Gasteiger partial charge in [0, 0.05) is 32.5 Å². The van der Waals surface area contributed by atoms with Gasteiger partial charge in [-0.2, -0.15) is 0 Å². The Labute approximate surface area is 107 Å². The van der Waals surface area contributed by atoms with E-state index in [-0.39, 0.29) is 0 Å². The zero-order valence-electron chi connectivity index (χ0n) is 10.8. The topological polar surface area (TPSA) is 53.1 Å². The number of benzene rings is 1. The van der Waals surface area contributed by atoms with E-state index in [1.807, 2.05) is 33.3 Å². The first-order valence-corrected chi connectivity index (χ1v) is 5.73. The van der Waals surface area contributed by atoms with Crippen LogP contribution in [0.3, 0.4) is 0 Å². The first-order chi connectivity index (χ1) is 8.69. The Morgan fingerprint density at radius 1 is 1.00 bits per heavy atom. The fourth-order valence-electron chi connectivity index (χ4n) is 1.54. The summed E-state index contributed by atoms with van der Waals surface area (Å²) in [6.45, 7) is 0. The fraction of sp³-hybridized carbons (Fsp3) is 0.231. The van der Waals surface area contributed by atoms with Crippen molar-refractivity contribution < 1.29 is 0 Å². The van der Waals surface area contributed by atoms with Crippen molar-refractivity contribution in [2.24, 2.45) is 0 Å². The van der Waals surface area contributed by atoms with Crippen LogP contribution in [-0.4, -0.2) is 31.1 Å². The Bertz CT molecular complexity index is 507. The molecule has 0 bridgehead atoms. The van der Waals surface area contributed by atoms with E-state index in [2.05, 4.69) is 37.6 Å². The molecule has 0 aliphatic heterocycles. The molecule has 5 heteroatoms. The van der Waals surface area contributed by atoms with Crippen LogP contribution >= 0.6 is 0 Å². The molecule has 94 valence electrons. The molecule has 5 nitrogen and oxygen atoms in total. The molecule has 0 spiro atoms. The maximum Gasteiger partial charge on any atom is 0.151 e. The number of aromatic nitrogens is 2. The van der Waals surface area contributed by atoms with Gasteiger partial charge in [-0.1, -0.05) is 0 Å². The fourth-order valence-corrected chi connectivity index (χ4v) is 1.54. The molecular formula is C13H17N5. The second-order valence-electron chi connectivity index (χ2n) is 4.11. The average Bonchev–Trinajstić information content (AvgIpc) is 2.39. The molecule has 0 atom stereocenters. The second-order valence-corrected chi connectivity index (χ2v) is 4.11. The van der Waals surface area contributed by atoms with E-state index in [0.717, 1.165) is 23.0 Å². The maximum atomic E-state index is 4.35. The third-order valence-corrected chi connectivity index (χ3v) is 2.55. The monoisotopic (exact) mass is 243 g/mol. The molecule has 0 aliphatic carbocycles. The van der Waals surface area contributed by atoms with E-state index < -0.39 is 0 Å².